The first-order chi connectivity index (χ1) is 34.2. The highest BCUT2D eigenvalue weighted by molar-refractivity contribution is 6.09. The van der Waals surface area contributed by atoms with Crippen LogP contribution in [0.3, 0.4) is 0 Å². The minimum absolute atomic E-state index is 0.256. The van der Waals surface area contributed by atoms with Crippen LogP contribution in [0, 0.1) is 0 Å². The Hall–Kier alpha value is -9.27. The van der Waals surface area contributed by atoms with Crippen molar-refractivity contribution in [1.82, 2.24) is 24.9 Å². The second-order valence-corrected chi connectivity index (χ2v) is 17.1. The van der Waals surface area contributed by atoms with Crippen molar-refractivity contribution < 1.29 is 13.9 Å². The Balaban J connectivity index is 0.852. The van der Waals surface area contributed by atoms with Crippen LogP contribution in [-0.4, -0.2) is 37.1 Å². The first-order valence-corrected chi connectivity index (χ1v) is 22.9. The summed E-state index contributed by atoms with van der Waals surface area (Å²) in [6.07, 6.45) is 14.9. The van der Waals surface area contributed by atoms with Gasteiger partial charge in [0.1, 0.15) is 11.2 Å². The summed E-state index contributed by atoms with van der Waals surface area (Å²) in [7, 11) is 0. The third-order valence-electron chi connectivity index (χ3n) is 12.9. The van der Waals surface area contributed by atoms with Crippen molar-refractivity contribution in [3.63, 3.8) is 0 Å². The van der Waals surface area contributed by atoms with E-state index in [4.69, 9.17) is 28.8 Å². The Bertz CT molecular complexity index is 3720. The number of pyridine rings is 2. The highest BCUT2D eigenvalue weighted by Crippen LogP contribution is 2.50. The van der Waals surface area contributed by atoms with E-state index in [-0.39, 0.29) is 12.2 Å². The van der Waals surface area contributed by atoms with Gasteiger partial charge in [0.25, 0.3) is 0 Å². The molecule has 0 radical (unpaired) electrons. The van der Waals surface area contributed by atoms with Gasteiger partial charge in [0, 0.05) is 57.8 Å². The van der Waals surface area contributed by atoms with Gasteiger partial charge < -0.3 is 13.9 Å². The molecule has 5 heterocycles. The van der Waals surface area contributed by atoms with E-state index in [1.807, 2.05) is 122 Å². The van der Waals surface area contributed by atoms with Gasteiger partial charge in [-0.15, -0.1) is 0 Å². The monoisotopic (exact) mass is 889 g/mol. The number of benzene rings is 7. The second kappa shape index (κ2) is 16.9. The van der Waals surface area contributed by atoms with Gasteiger partial charge >= 0.3 is 0 Å². The molecule has 4 aromatic heterocycles. The Morgan fingerprint density at radius 1 is 0.333 bits per heavy atom. The Kier molecular flexibility index (Phi) is 9.79. The Morgan fingerprint density at radius 2 is 0.812 bits per heavy atom. The van der Waals surface area contributed by atoms with Gasteiger partial charge in [0.15, 0.2) is 41.2 Å². The van der Waals surface area contributed by atoms with Crippen molar-refractivity contribution in [3.05, 3.63) is 225 Å². The number of hydrogen-bond donors (Lipinski definition) is 0. The van der Waals surface area contributed by atoms with E-state index in [0.717, 1.165) is 94.3 Å². The van der Waals surface area contributed by atoms with Crippen LogP contribution in [0.25, 0.3) is 112 Å². The standard InChI is InChI=1S/C61H39N5O3/c1-2-9-43(10-3-1)59-64-60(66-61(65-59)52-13-8-12-51-50-11-4-5-14-53(50)67-56(51)52)44-23-19-39(20-24-44)38-17-21-42(22-18-38)48-25-26-49(58-57(48)68-54-15-6-7-16-55(54)69-58)47-36-45(40-27-31-62-32-28-40)35-46(37-47)41-29-33-63-34-30-41/h1-37,54-55H. The zero-order chi connectivity index (χ0) is 45.7. The maximum Gasteiger partial charge on any atom is 0.170 e. The molecular formula is C61H39N5O3. The largest absolute Gasteiger partial charge is 0.478 e. The quantitative estimate of drug-likeness (QED) is 0.149. The molecule has 7 aromatic carbocycles. The molecule has 2 atom stereocenters. The molecule has 0 saturated heterocycles. The fourth-order valence-electron chi connectivity index (χ4n) is 9.43. The summed E-state index contributed by atoms with van der Waals surface area (Å²) < 4.78 is 20.2. The van der Waals surface area contributed by atoms with E-state index in [1.54, 1.807) is 0 Å². The molecule has 0 fully saturated rings. The van der Waals surface area contributed by atoms with Crippen LogP contribution < -0.4 is 9.47 Å². The van der Waals surface area contributed by atoms with Crippen LogP contribution in [0.15, 0.2) is 229 Å². The average molecular weight is 890 g/mol. The molecule has 0 spiro atoms. The van der Waals surface area contributed by atoms with Gasteiger partial charge in [-0.3, -0.25) is 9.97 Å². The van der Waals surface area contributed by atoms with Crippen LogP contribution in [0.5, 0.6) is 11.5 Å². The maximum absolute atomic E-state index is 6.91. The summed E-state index contributed by atoms with van der Waals surface area (Å²) >= 11 is 0. The number of nitrogens with zero attached hydrogens (tertiary/aromatic N) is 5. The van der Waals surface area contributed by atoms with E-state index >= 15 is 0 Å². The molecule has 0 saturated carbocycles. The van der Waals surface area contributed by atoms with Gasteiger partial charge in [-0.2, -0.15) is 0 Å². The molecule has 8 heteroatoms. The lowest BCUT2D eigenvalue weighted by Crippen LogP contribution is -2.38. The van der Waals surface area contributed by atoms with Crippen molar-refractivity contribution >= 4 is 21.9 Å². The second-order valence-electron chi connectivity index (χ2n) is 17.1. The number of para-hydroxylation sites is 2. The normalized spacial score (nSPS) is 14.8. The summed E-state index contributed by atoms with van der Waals surface area (Å²) in [5, 5.41) is 2.07. The fourth-order valence-corrected chi connectivity index (χ4v) is 9.43. The average Bonchev–Trinajstić information content (AvgIpc) is 3.82. The summed E-state index contributed by atoms with van der Waals surface area (Å²) in [6.45, 7) is 0. The third-order valence-corrected chi connectivity index (χ3v) is 12.9. The molecule has 0 bridgehead atoms. The number of aromatic nitrogens is 5. The van der Waals surface area contributed by atoms with Crippen molar-refractivity contribution in [3.8, 4) is 101 Å². The van der Waals surface area contributed by atoms with Crippen LogP contribution in [0.4, 0.5) is 0 Å². The van der Waals surface area contributed by atoms with Crippen molar-refractivity contribution in [2.75, 3.05) is 0 Å². The van der Waals surface area contributed by atoms with Crippen molar-refractivity contribution in [1.29, 1.82) is 0 Å². The predicted molar refractivity (Wildman–Crippen MR) is 273 cm³/mol. The first kappa shape index (κ1) is 40.0. The lowest BCUT2D eigenvalue weighted by Gasteiger charge is -2.34. The first-order valence-electron chi connectivity index (χ1n) is 22.9. The van der Waals surface area contributed by atoms with Gasteiger partial charge in [-0.25, -0.2) is 15.0 Å². The zero-order valence-electron chi connectivity index (χ0n) is 37.0. The number of ether oxygens (including phenoxy) is 2. The highest BCUT2D eigenvalue weighted by Gasteiger charge is 2.33. The summed E-state index contributed by atoms with van der Waals surface area (Å²) in [4.78, 5) is 23.6. The third kappa shape index (κ3) is 7.41. The van der Waals surface area contributed by atoms with E-state index in [9.17, 15) is 0 Å². The number of furan rings is 1. The molecule has 326 valence electrons. The minimum atomic E-state index is -0.259. The van der Waals surface area contributed by atoms with Crippen molar-refractivity contribution in [2.45, 2.75) is 12.2 Å². The van der Waals surface area contributed by atoms with Gasteiger partial charge in [-0.05, 0) is 123 Å². The minimum Gasteiger partial charge on any atom is -0.478 e. The van der Waals surface area contributed by atoms with Crippen LogP contribution in [0.2, 0.25) is 0 Å². The number of fused-ring (bicyclic) bond motifs is 5. The molecule has 11 aromatic rings. The molecule has 2 unspecified atom stereocenters. The van der Waals surface area contributed by atoms with Crippen LogP contribution in [0.1, 0.15) is 0 Å². The molecule has 2 aliphatic rings. The van der Waals surface area contributed by atoms with E-state index in [2.05, 4.69) is 113 Å². The summed E-state index contributed by atoms with van der Waals surface area (Å²) in [5.74, 6) is 3.15. The number of allylic oxidation sites excluding steroid dienone is 2. The van der Waals surface area contributed by atoms with Gasteiger partial charge in [0.2, 0.25) is 0 Å². The number of rotatable bonds is 8. The fraction of sp³-hybridized carbons (Fsp3) is 0.0328. The lowest BCUT2D eigenvalue weighted by atomic mass is 9.91. The maximum atomic E-state index is 6.91. The summed E-state index contributed by atoms with van der Waals surface area (Å²) in [6, 6.07) is 60.3. The van der Waals surface area contributed by atoms with E-state index < -0.39 is 0 Å². The molecule has 8 nitrogen and oxygen atoms in total. The molecule has 69 heavy (non-hydrogen) atoms. The molecule has 0 amide bonds. The lowest BCUT2D eigenvalue weighted by molar-refractivity contribution is 0.0769. The SMILES string of the molecule is C1=CC2Oc3c(-c4ccc(-c5ccc(-c6nc(-c7ccccc7)nc(-c7cccc8c7oc7ccccc78)n6)cc5)cc4)ccc(-c4cc(-c5ccncc5)cc(-c5ccncc5)c4)c3OC2C=C1. The molecule has 1 aliphatic heterocycles. The smallest absolute Gasteiger partial charge is 0.170 e. The van der Waals surface area contributed by atoms with E-state index in [0.29, 0.717) is 29.0 Å². The van der Waals surface area contributed by atoms with Gasteiger partial charge in [0.05, 0.1) is 5.56 Å². The molecule has 13 rings (SSSR count). The highest BCUT2D eigenvalue weighted by atomic mass is 16.6. The number of hydrogen-bond acceptors (Lipinski definition) is 8. The Morgan fingerprint density at radius 3 is 1.43 bits per heavy atom. The Labute approximate surface area is 397 Å². The van der Waals surface area contributed by atoms with Gasteiger partial charge in [-0.1, -0.05) is 121 Å². The van der Waals surface area contributed by atoms with Crippen molar-refractivity contribution in [2.24, 2.45) is 0 Å². The molecular weight excluding hydrogens is 851 g/mol. The zero-order valence-corrected chi connectivity index (χ0v) is 37.0. The summed E-state index contributed by atoms with van der Waals surface area (Å²) in [5.41, 5.74) is 14.5. The van der Waals surface area contributed by atoms with E-state index in [1.165, 1.54) is 0 Å². The molecule has 1 aliphatic carbocycles. The topological polar surface area (TPSA) is 96.1 Å². The molecule has 0 N–H and O–H groups in total. The van der Waals surface area contributed by atoms with Crippen LogP contribution >= 0.6 is 0 Å². The van der Waals surface area contributed by atoms with Crippen LogP contribution in [-0.2, 0) is 0 Å². The predicted octanol–water partition coefficient (Wildman–Crippen LogP) is 14.5.